The summed E-state index contributed by atoms with van der Waals surface area (Å²) in [5.41, 5.74) is 1.10. The second-order valence-electron chi connectivity index (χ2n) is 3.86. The first kappa shape index (κ1) is 13.2. The van der Waals surface area contributed by atoms with E-state index in [2.05, 4.69) is 30.3 Å². The van der Waals surface area contributed by atoms with E-state index in [4.69, 9.17) is 4.74 Å². The van der Waals surface area contributed by atoms with Crippen LogP contribution < -0.4 is 5.32 Å². The summed E-state index contributed by atoms with van der Waals surface area (Å²) in [5.74, 6) is 0. The second kappa shape index (κ2) is 8.30. The van der Waals surface area contributed by atoms with Crippen LogP contribution in [0.3, 0.4) is 0 Å². The van der Waals surface area contributed by atoms with Gasteiger partial charge >= 0.3 is 0 Å². The fourth-order valence-electron chi connectivity index (χ4n) is 1.42. The number of rotatable bonds is 9. The molecule has 0 bridgehead atoms. The fraction of sp³-hybridized carbons (Fsp3) is 0.750. The van der Waals surface area contributed by atoms with Gasteiger partial charge in [0, 0.05) is 19.3 Å². The van der Waals surface area contributed by atoms with Gasteiger partial charge in [-0.1, -0.05) is 13.8 Å². The lowest BCUT2D eigenvalue weighted by Gasteiger charge is -2.03. The number of nitrogens with zero attached hydrogens (tertiary/aromatic N) is 2. The van der Waals surface area contributed by atoms with Gasteiger partial charge in [0.2, 0.25) is 0 Å². The van der Waals surface area contributed by atoms with Crippen molar-refractivity contribution < 1.29 is 4.74 Å². The minimum atomic E-state index is 0.747. The average Bonchev–Trinajstić information content (AvgIpc) is 2.73. The first-order valence-electron chi connectivity index (χ1n) is 6.17. The molecule has 1 aromatic rings. The lowest BCUT2D eigenvalue weighted by atomic mass is 10.4. The molecule has 0 atom stereocenters. The molecule has 1 aromatic heterocycles. The Morgan fingerprint density at radius 2 is 2.19 bits per heavy atom. The molecule has 0 amide bonds. The van der Waals surface area contributed by atoms with Crippen LogP contribution in [0.1, 0.15) is 32.4 Å². The van der Waals surface area contributed by atoms with Crippen LogP contribution in [0.5, 0.6) is 0 Å². The maximum absolute atomic E-state index is 5.42. The summed E-state index contributed by atoms with van der Waals surface area (Å²) in [6.45, 7) is 8.61. The fourth-order valence-corrected chi connectivity index (χ4v) is 1.42. The molecule has 1 heterocycles. The van der Waals surface area contributed by atoms with Crippen molar-refractivity contribution in [2.24, 2.45) is 0 Å². The molecule has 0 saturated carbocycles. The molecule has 0 unspecified atom stereocenters. The maximum atomic E-state index is 5.42. The zero-order valence-corrected chi connectivity index (χ0v) is 10.4. The van der Waals surface area contributed by atoms with Crippen molar-refractivity contribution in [1.29, 1.82) is 0 Å². The summed E-state index contributed by atoms with van der Waals surface area (Å²) in [7, 11) is 0. The van der Waals surface area contributed by atoms with E-state index in [0.29, 0.717) is 0 Å². The van der Waals surface area contributed by atoms with E-state index in [1.54, 1.807) is 0 Å². The summed E-state index contributed by atoms with van der Waals surface area (Å²) in [6.07, 6.45) is 4.25. The molecule has 0 saturated heterocycles. The molecule has 0 aliphatic rings. The summed E-state index contributed by atoms with van der Waals surface area (Å²) < 4.78 is 7.36. The Balaban J connectivity index is 2.17. The van der Waals surface area contributed by atoms with Gasteiger partial charge in [-0.25, -0.2) is 0 Å². The van der Waals surface area contributed by atoms with Crippen molar-refractivity contribution in [1.82, 2.24) is 15.1 Å². The van der Waals surface area contributed by atoms with Crippen LogP contribution in [0.4, 0.5) is 0 Å². The smallest absolute Gasteiger partial charge is 0.0762 e. The Hall–Kier alpha value is -0.870. The Bertz CT molecular complexity index is 273. The van der Waals surface area contributed by atoms with E-state index in [1.165, 1.54) is 0 Å². The molecule has 16 heavy (non-hydrogen) atoms. The predicted molar refractivity (Wildman–Crippen MR) is 65.3 cm³/mol. The van der Waals surface area contributed by atoms with Gasteiger partial charge in [-0.2, -0.15) is 5.10 Å². The monoisotopic (exact) mass is 225 g/mol. The highest BCUT2D eigenvalue weighted by molar-refractivity contribution is 4.98. The topological polar surface area (TPSA) is 39.1 Å². The third-order valence-electron chi connectivity index (χ3n) is 2.24. The van der Waals surface area contributed by atoms with Crippen molar-refractivity contribution >= 4 is 0 Å². The number of hydrogen-bond donors (Lipinski definition) is 1. The van der Waals surface area contributed by atoms with E-state index in [1.807, 2.05) is 10.9 Å². The highest BCUT2D eigenvalue weighted by Gasteiger charge is 1.98. The van der Waals surface area contributed by atoms with E-state index < -0.39 is 0 Å². The van der Waals surface area contributed by atoms with Crippen molar-refractivity contribution in [3.63, 3.8) is 0 Å². The summed E-state index contributed by atoms with van der Waals surface area (Å²) >= 11 is 0. The Morgan fingerprint density at radius 3 is 2.94 bits per heavy atom. The molecular weight excluding hydrogens is 202 g/mol. The quantitative estimate of drug-likeness (QED) is 0.651. The summed E-state index contributed by atoms with van der Waals surface area (Å²) in [6, 6.07) is 2.06. The molecule has 0 spiro atoms. The third-order valence-corrected chi connectivity index (χ3v) is 2.24. The SMILES string of the molecule is CCCNCc1ccn(CCOCCC)n1. The normalized spacial score (nSPS) is 10.9. The summed E-state index contributed by atoms with van der Waals surface area (Å²) in [4.78, 5) is 0. The predicted octanol–water partition coefficient (Wildman–Crippen LogP) is 1.81. The maximum Gasteiger partial charge on any atom is 0.0762 e. The van der Waals surface area contributed by atoms with Crippen LogP contribution in [0.15, 0.2) is 12.3 Å². The van der Waals surface area contributed by atoms with Crippen LogP contribution >= 0.6 is 0 Å². The van der Waals surface area contributed by atoms with Gasteiger partial charge in [0.15, 0.2) is 0 Å². The molecule has 4 heteroatoms. The number of hydrogen-bond acceptors (Lipinski definition) is 3. The molecule has 1 rings (SSSR count). The molecule has 92 valence electrons. The Labute approximate surface area is 98.0 Å². The zero-order valence-electron chi connectivity index (χ0n) is 10.4. The number of ether oxygens (including phenoxy) is 1. The lowest BCUT2D eigenvalue weighted by Crippen LogP contribution is -2.15. The van der Waals surface area contributed by atoms with Crippen molar-refractivity contribution in [2.75, 3.05) is 19.8 Å². The first-order chi connectivity index (χ1) is 7.86. The molecule has 0 aliphatic carbocycles. The Morgan fingerprint density at radius 1 is 1.31 bits per heavy atom. The largest absolute Gasteiger partial charge is 0.380 e. The van der Waals surface area contributed by atoms with Crippen LogP contribution in [-0.4, -0.2) is 29.5 Å². The number of nitrogens with one attached hydrogen (secondary N) is 1. The van der Waals surface area contributed by atoms with Crippen molar-refractivity contribution in [2.45, 2.75) is 39.8 Å². The highest BCUT2D eigenvalue weighted by Crippen LogP contribution is 1.95. The average molecular weight is 225 g/mol. The summed E-state index contributed by atoms with van der Waals surface area (Å²) in [5, 5.41) is 7.79. The van der Waals surface area contributed by atoms with Crippen LogP contribution in [0.25, 0.3) is 0 Å². The molecule has 0 radical (unpaired) electrons. The molecule has 1 N–H and O–H groups in total. The first-order valence-corrected chi connectivity index (χ1v) is 6.17. The van der Waals surface area contributed by atoms with Gasteiger partial charge in [0.1, 0.15) is 0 Å². The minimum absolute atomic E-state index is 0.747. The van der Waals surface area contributed by atoms with Gasteiger partial charge in [0.05, 0.1) is 18.8 Å². The van der Waals surface area contributed by atoms with E-state index in [-0.39, 0.29) is 0 Å². The van der Waals surface area contributed by atoms with Crippen molar-refractivity contribution in [3.8, 4) is 0 Å². The van der Waals surface area contributed by atoms with E-state index in [9.17, 15) is 0 Å². The molecular formula is C12H23N3O. The van der Waals surface area contributed by atoms with Gasteiger partial charge in [0.25, 0.3) is 0 Å². The highest BCUT2D eigenvalue weighted by atomic mass is 16.5. The lowest BCUT2D eigenvalue weighted by molar-refractivity contribution is 0.124. The van der Waals surface area contributed by atoms with E-state index >= 15 is 0 Å². The van der Waals surface area contributed by atoms with Crippen molar-refractivity contribution in [3.05, 3.63) is 18.0 Å². The zero-order chi connectivity index (χ0) is 11.6. The molecule has 0 aliphatic heterocycles. The second-order valence-corrected chi connectivity index (χ2v) is 3.86. The van der Waals surface area contributed by atoms with Crippen LogP contribution in [0.2, 0.25) is 0 Å². The van der Waals surface area contributed by atoms with Crippen LogP contribution in [0, 0.1) is 0 Å². The number of aromatic nitrogens is 2. The molecule has 0 fully saturated rings. The van der Waals surface area contributed by atoms with Gasteiger partial charge in [-0.3, -0.25) is 4.68 Å². The van der Waals surface area contributed by atoms with E-state index in [0.717, 1.165) is 51.4 Å². The molecule has 4 nitrogen and oxygen atoms in total. The standard InChI is InChI=1S/C12H23N3O/c1-3-6-13-11-12-5-7-15(14-12)8-10-16-9-4-2/h5,7,13H,3-4,6,8-11H2,1-2H3. The Kier molecular flexibility index (Phi) is 6.85. The third kappa shape index (κ3) is 5.28. The van der Waals surface area contributed by atoms with Gasteiger partial charge in [-0.05, 0) is 25.5 Å². The van der Waals surface area contributed by atoms with Crippen LogP contribution in [-0.2, 0) is 17.8 Å². The van der Waals surface area contributed by atoms with Gasteiger partial charge in [-0.15, -0.1) is 0 Å². The minimum Gasteiger partial charge on any atom is -0.380 e. The van der Waals surface area contributed by atoms with Gasteiger partial charge < -0.3 is 10.1 Å². The molecule has 0 aromatic carbocycles.